The maximum atomic E-state index is 5.69. The maximum Gasteiger partial charge on any atom is 0.115 e. The molecule has 0 amide bonds. The Morgan fingerprint density at radius 1 is 1.53 bits per heavy atom. The van der Waals surface area contributed by atoms with Gasteiger partial charge in [0.1, 0.15) is 6.33 Å². The normalized spacial score (nSPS) is 35.1. The van der Waals surface area contributed by atoms with Crippen molar-refractivity contribution in [3.63, 3.8) is 0 Å². The van der Waals surface area contributed by atoms with Crippen LogP contribution in [0.2, 0.25) is 0 Å². The lowest BCUT2D eigenvalue weighted by atomic mass is 9.73. The molecule has 1 aromatic heterocycles. The predicted octanol–water partition coefficient (Wildman–Crippen LogP) is 0.354. The summed E-state index contributed by atoms with van der Waals surface area (Å²) in [5.74, 6) is 0.641. The molecule has 2 unspecified atom stereocenters. The number of rotatable bonds is 1. The average molecular weight is 205 g/mol. The second-order valence-electron chi connectivity index (χ2n) is 4.59. The third-order valence-electron chi connectivity index (χ3n) is 3.43. The van der Waals surface area contributed by atoms with E-state index in [9.17, 15) is 0 Å². The smallest absolute Gasteiger partial charge is 0.115 e. The first-order valence-corrected chi connectivity index (χ1v) is 5.44. The SMILES string of the molecule is c1cc(C23CNCC(COC2)C3)ncn1. The van der Waals surface area contributed by atoms with Crippen LogP contribution in [0.3, 0.4) is 0 Å². The molecule has 4 heteroatoms. The van der Waals surface area contributed by atoms with E-state index < -0.39 is 0 Å². The lowest BCUT2D eigenvalue weighted by Gasteiger charge is -2.44. The predicted molar refractivity (Wildman–Crippen MR) is 55.5 cm³/mol. The molecule has 0 radical (unpaired) electrons. The van der Waals surface area contributed by atoms with Crippen LogP contribution in [0.15, 0.2) is 18.6 Å². The third-order valence-corrected chi connectivity index (χ3v) is 3.43. The first-order chi connectivity index (χ1) is 7.39. The molecule has 1 N–H and O–H groups in total. The largest absolute Gasteiger partial charge is 0.380 e. The molecule has 2 saturated heterocycles. The molecule has 2 bridgehead atoms. The Morgan fingerprint density at radius 2 is 2.53 bits per heavy atom. The summed E-state index contributed by atoms with van der Waals surface area (Å²) in [7, 11) is 0. The van der Waals surface area contributed by atoms with Crippen molar-refractivity contribution in [2.75, 3.05) is 26.3 Å². The van der Waals surface area contributed by atoms with Crippen LogP contribution >= 0.6 is 0 Å². The van der Waals surface area contributed by atoms with Gasteiger partial charge in [-0.2, -0.15) is 0 Å². The molecule has 2 aliphatic heterocycles. The van der Waals surface area contributed by atoms with Gasteiger partial charge in [0.15, 0.2) is 0 Å². The lowest BCUT2D eigenvalue weighted by Crippen LogP contribution is -2.54. The number of hydrogen-bond donors (Lipinski definition) is 1. The molecule has 0 saturated carbocycles. The van der Waals surface area contributed by atoms with E-state index in [4.69, 9.17) is 4.74 Å². The monoisotopic (exact) mass is 205 g/mol. The van der Waals surface area contributed by atoms with Gasteiger partial charge in [-0.1, -0.05) is 0 Å². The summed E-state index contributed by atoms with van der Waals surface area (Å²) in [5.41, 5.74) is 1.21. The molecule has 2 aliphatic rings. The van der Waals surface area contributed by atoms with E-state index in [0.717, 1.165) is 32.0 Å². The Bertz CT molecular complexity index is 331. The quantitative estimate of drug-likeness (QED) is 0.719. The minimum atomic E-state index is 0.0874. The van der Waals surface area contributed by atoms with E-state index in [-0.39, 0.29) is 5.41 Å². The van der Waals surface area contributed by atoms with Crippen LogP contribution in [-0.4, -0.2) is 36.3 Å². The van der Waals surface area contributed by atoms with Crippen molar-refractivity contribution in [1.82, 2.24) is 15.3 Å². The highest BCUT2D eigenvalue weighted by molar-refractivity contribution is 5.19. The van der Waals surface area contributed by atoms with Gasteiger partial charge < -0.3 is 10.1 Å². The van der Waals surface area contributed by atoms with E-state index in [1.807, 2.05) is 12.3 Å². The number of nitrogens with one attached hydrogen (secondary N) is 1. The van der Waals surface area contributed by atoms with Crippen LogP contribution in [0.5, 0.6) is 0 Å². The highest BCUT2D eigenvalue weighted by Crippen LogP contribution is 2.36. The van der Waals surface area contributed by atoms with E-state index in [1.165, 1.54) is 6.42 Å². The molecule has 3 rings (SSSR count). The summed E-state index contributed by atoms with van der Waals surface area (Å²) in [5, 5.41) is 3.49. The Morgan fingerprint density at radius 3 is 3.40 bits per heavy atom. The van der Waals surface area contributed by atoms with Crippen LogP contribution in [0.4, 0.5) is 0 Å². The first-order valence-electron chi connectivity index (χ1n) is 5.44. The van der Waals surface area contributed by atoms with Gasteiger partial charge in [0.05, 0.1) is 18.9 Å². The fraction of sp³-hybridized carbons (Fsp3) is 0.636. The number of piperidine rings is 1. The van der Waals surface area contributed by atoms with E-state index >= 15 is 0 Å². The van der Waals surface area contributed by atoms with Crippen molar-refractivity contribution in [3.05, 3.63) is 24.3 Å². The molecular weight excluding hydrogens is 190 g/mol. The average Bonchev–Trinajstić information content (AvgIpc) is 2.30. The zero-order valence-corrected chi connectivity index (χ0v) is 8.65. The van der Waals surface area contributed by atoms with Crippen LogP contribution < -0.4 is 5.32 Å². The molecule has 15 heavy (non-hydrogen) atoms. The number of ether oxygens (including phenoxy) is 1. The number of fused-ring (bicyclic) bond motifs is 2. The van der Waals surface area contributed by atoms with Gasteiger partial charge in [-0.3, -0.25) is 0 Å². The summed E-state index contributed by atoms with van der Waals surface area (Å²) >= 11 is 0. The summed E-state index contributed by atoms with van der Waals surface area (Å²) < 4.78 is 5.69. The molecule has 2 atom stereocenters. The van der Waals surface area contributed by atoms with Gasteiger partial charge in [-0.25, -0.2) is 9.97 Å². The summed E-state index contributed by atoms with van der Waals surface area (Å²) in [6.45, 7) is 3.72. The molecular formula is C11H15N3O. The van der Waals surface area contributed by atoms with Gasteiger partial charge in [0, 0.05) is 24.7 Å². The maximum absolute atomic E-state index is 5.69. The molecule has 3 heterocycles. The zero-order chi connectivity index (χ0) is 10.1. The summed E-state index contributed by atoms with van der Waals surface area (Å²) in [6, 6.07) is 2.01. The minimum absolute atomic E-state index is 0.0874. The van der Waals surface area contributed by atoms with Gasteiger partial charge in [0.2, 0.25) is 0 Å². The fourth-order valence-corrected chi connectivity index (χ4v) is 2.73. The van der Waals surface area contributed by atoms with Crippen molar-refractivity contribution in [2.24, 2.45) is 5.92 Å². The second-order valence-corrected chi connectivity index (χ2v) is 4.59. The van der Waals surface area contributed by atoms with E-state index in [0.29, 0.717) is 5.92 Å². The van der Waals surface area contributed by atoms with Crippen molar-refractivity contribution >= 4 is 0 Å². The number of nitrogens with zero attached hydrogens (tertiary/aromatic N) is 2. The highest BCUT2D eigenvalue weighted by Gasteiger charge is 2.42. The minimum Gasteiger partial charge on any atom is -0.380 e. The molecule has 0 aliphatic carbocycles. The molecule has 0 aromatic carbocycles. The Kier molecular flexibility index (Phi) is 2.18. The molecule has 0 spiro atoms. The number of hydrogen-bond acceptors (Lipinski definition) is 4. The Hall–Kier alpha value is -1.00. The molecule has 2 fully saturated rings. The van der Waals surface area contributed by atoms with Crippen LogP contribution in [0.1, 0.15) is 12.1 Å². The van der Waals surface area contributed by atoms with E-state index in [1.54, 1.807) is 6.33 Å². The van der Waals surface area contributed by atoms with Crippen molar-refractivity contribution in [2.45, 2.75) is 11.8 Å². The van der Waals surface area contributed by atoms with Crippen molar-refractivity contribution in [1.29, 1.82) is 0 Å². The second kappa shape index (κ2) is 3.54. The summed E-state index contributed by atoms with van der Waals surface area (Å²) in [4.78, 5) is 8.35. The fourth-order valence-electron chi connectivity index (χ4n) is 2.73. The van der Waals surface area contributed by atoms with Crippen LogP contribution in [-0.2, 0) is 10.2 Å². The van der Waals surface area contributed by atoms with Crippen LogP contribution in [0, 0.1) is 5.92 Å². The van der Waals surface area contributed by atoms with Crippen molar-refractivity contribution < 1.29 is 4.74 Å². The Labute approximate surface area is 89.1 Å². The standard InChI is InChI=1S/C11H15N3O/c1-2-12-8-14-10(1)11-3-9(4-13-6-11)5-15-7-11/h1-2,8-9,13H,3-7H2. The molecule has 4 nitrogen and oxygen atoms in total. The zero-order valence-electron chi connectivity index (χ0n) is 8.65. The van der Waals surface area contributed by atoms with Gasteiger partial charge in [0.25, 0.3) is 0 Å². The highest BCUT2D eigenvalue weighted by atomic mass is 16.5. The number of aromatic nitrogens is 2. The van der Waals surface area contributed by atoms with Crippen LogP contribution in [0.25, 0.3) is 0 Å². The van der Waals surface area contributed by atoms with Gasteiger partial charge in [-0.15, -0.1) is 0 Å². The molecule has 80 valence electrons. The van der Waals surface area contributed by atoms with E-state index in [2.05, 4.69) is 15.3 Å². The lowest BCUT2D eigenvalue weighted by molar-refractivity contribution is -0.0227. The first kappa shape index (κ1) is 9.24. The van der Waals surface area contributed by atoms with Gasteiger partial charge in [-0.05, 0) is 18.4 Å². The Balaban J connectivity index is 1.95. The summed E-state index contributed by atoms with van der Waals surface area (Å²) in [6.07, 6.45) is 4.63. The topological polar surface area (TPSA) is 47.0 Å². The third kappa shape index (κ3) is 1.54. The van der Waals surface area contributed by atoms with Crippen molar-refractivity contribution in [3.8, 4) is 0 Å². The van der Waals surface area contributed by atoms with Gasteiger partial charge >= 0.3 is 0 Å². The molecule has 1 aromatic rings.